The fourth-order valence-corrected chi connectivity index (χ4v) is 3.14. The molecule has 0 bridgehead atoms. The first-order chi connectivity index (χ1) is 8.75. The number of ether oxygens (including phenoxy) is 2. The maximum atomic E-state index is 12.2. The van der Waals surface area contributed by atoms with E-state index in [4.69, 9.17) is 9.47 Å². The molecule has 0 spiro atoms. The smallest absolute Gasteiger partial charge is 0.170 e. The molecule has 2 aliphatic rings. The van der Waals surface area contributed by atoms with Crippen LogP contribution in [0.25, 0.3) is 0 Å². The number of halogens is 1. The van der Waals surface area contributed by atoms with Gasteiger partial charge in [0, 0.05) is 25.6 Å². The Hall–Kier alpha value is -0.870. The van der Waals surface area contributed by atoms with E-state index in [1.165, 1.54) is 0 Å². The highest BCUT2D eigenvalue weighted by atomic mass is 79.9. The molecule has 1 fully saturated rings. The van der Waals surface area contributed by atoms with Crippen molar-refractivity contribution < 1.29 is 14.3 Å². The lowest BCUT2D eigenvalue weighted by Gasteiger charge is -2.34. The Bertz CT molecular complexity index is 466. The molecule has 0 aliphatic carbocycles. The molecule has 1 aromatic rings. The van der Waals surface area contributed by atoms with Crippen LogP contribution in [0.1, 0.15) is 29.6 Å². The maximum absolute atomic E-state index is 12.2. The summed E-state index contributed by atoms with van der Waals surface area (Å²) in [6, 6.07) is 5.63. The van der Waals surface area contributed by atoms with E-state index in [1.54, 1.807) is 0 Å². The third-order valence-corrected chi connectivity index (χ3v) is 4.34. The Morgan fingerprint density at radius 1 is 1.22 bits per heavy atom. The lowest BCUT2D eigenvalue weighted by Crippen LogP contribution is -2.36. The summed E-state index contributed by atoms with van der Waals surface area (Å²) in [6.07, 6.45) is 2.47. The van der Waals surface area contributed by atoms with Gasteiger partial charge in [0.2, 0.25) is 0 Å². The van der Waals surface area contributed by atoms with Crippen molar-refractivity contribution >= 4 is 21.7 Å². The summed E-state index contributed by atoms with van der Waals surface area (Å²) in [7, 11) is 0. The second-order valence-corrected chi connectivity index (χ2v) is 5.70. The molecule has 1 unspecified atom stereocenters. The SMILES string of the molecule is O=C1CC(C2CCOCC2)Oc2c(Br)cccc21. The molecule has 4 heteroatoms. The van der Waals surface area contributed by atoms with Gasteiger partial charge in [-0.3, -0.25) is 4.79 Å². The Kier molecular flexibility index (Phi) is 3.39. The summed E-state index contributed by atoms with van der Waals surface area (Å²) in [5.74, 6) is 1.34. The zero-order valence-electron chi connectivity index (χ0n) is 10.0. The van der Waals surface area contributed by atoms with Crippen molar-refractivity contribution in [2.45, 2.75) is 25.4 Å². The normalized spacial score (nSPS) is 24.5. The average Bonchev–Trinajstić information content (AvgIpc) is 2.41. The third kappa shape index (κ3) is 2.19. The molecule has 0 radical (unpaired) electrons. The Balaban J connectivity index is 1.86. The summed E-state index contributed by atoms with van der Waals surface area (Å²) in [4.78, 5) is 12.2. The largest absolute Gasteiger partial charge is 0.488 e. The van der Waals surface area contributed by atoms with Crippen LogP contribution in [0.15, 0.2) is 22.7 Å². The van der Waals surface area contributed by atoms with Gasteiger partial charge in [-0.1, -0.05) is 6.07 Å². The molecule has 2 heterocycles. The molecule has 0 aromatic heterocycles. The van der Waals surface area contributed by atoms with Gasteiger partial charge in [-0.25, -0.2) is 0 Å². The molecular weight excluding hydrogens is 296 g/mol. The number of ketones is 1. The van der Waals surface area contributed by atoms with Gasteiger partial charge in [0.25, 0.3) is 0 Å². The summed E-state index contributed by atoms with van der Waals surface area (Å²) in [5.41, 5.74) is 0.702. The van der Waals surface area contributed by atoms with E-state index in [2.05, 4.69) is 15.9 Å². The Morgan fingerprint density at radius 2 is 2.00 bits per heavy atom. The van der Waals surface area contributed by atoms with Crippen LogP contribution in [-0.4, -0.2) is 25.1 Å². The number of hydrogen-bond donors (Lipinski definition) is 0. The monoisotopic (exact) mass is 310 g/mol. The molecule has 18 heavy (non-hydrogen) atoms. The first-order valence-corrected chi connectivity index (χ1v) is 7.11. The van der Waals surface area contributed by atoms with Crippen molar-refractivity contribution in [2.24, 2.45) is 5.92 Å². The van der Waals surface area contributed by atoms with Crippen LogP contribution in [0.3, 0.4) is 0 Å². The molecule has 1 atom stereocenters. The molecule has 0 amide bonds. The first-order valence-electron chi connectivity index (χ1n) is 6.32. The van der Waals surface area contributed by atoms with Crippen LogP contribution >= 0.6 is 15.9 Å². The highest BCUT2D eigenvalue weighted by Crippen LogP contribution is 2.38. The fourth-order valence-electron chi connectivity index (χ4n) is 2.68. The van der Waals surface area contributed by atoms with E-state index < -0.39 is 0 Å². The summed E-state index contributed by atoms with van der Waals surface area (Å²) in [5, 5.41) is 0. The standard InChI is InChI=1S/C14H15BrO3/c15-11-3-1-2-10-12(16)8-13(18-14(10)11)9-4-6-17-7-5-9/h1-3,9,13H,4-8H2. The minimum absolute atomic E-state index is 0.00704. The van der Waals surface area contributed by atoms with Crippen LogP contribution in [0, 0.1) is 5.92 Å². The number of rotatable bonds is 1. The van der Waals surface area contributed by atoms with E-state index in [0.29, 0.717) is 23.7 Å². The van der Waals surface area contributed by atoms with Gasteiger partial charge in [0.1, 0.15) is 11.9 Å². The topological polar surface area (TPSA) is 35.5 Å². The molecule has 1 saturated heterocycles. The van der Waals surface area contributed by atoms with Crippen LogP contribution in [0.5, 0.6) is 5.75 Å². The van der Waals surface area contributed by atoms with Gasteiger partial charge >= 0.3 is 0 Å². The number of para-hydroxylation sites is 1. The highest BCUT2D eigenvalue weighted by Gasteiger charge is 2.33. The minimum Gasteiger partial charge on any atom is -0.488 e. The summed E-state index contributed by atoms with van der Waals surface area (Å²) in [6.45, 7) is 1.56. The second kappa shape index (κ2) is 5.02. The number of hydrogen-bond acceptors (Lipinski definition) is 3. The number of fused-ring (bicyclic) bond motifs is 1. The van der Waals surface area contributed by atoms with E-state index in [1.807, 2.05) is 18.2 Å². The molecule has 3 nitrogen and oxygen atoms in total. The molecule has 0 N–H and O–H groups in total. The fraction of sp³-hybridized carbons (Fsp3) is 0.500. The number of benzene rings is 1. The Morgan fingerprint density at radius 3 is 2.78 bits per heavy atom. The summed E-state index contributed by atoms with van der Waals surface area (Å²) >= 11 is 3.46. The van der Waals surface area contributed by atoms with E-state index in [0.717, 1.165) is 30.5 Å². The molecule has 3 rings (SSSR count). The zero-order chi connectivity index (χ0) is 12.5. The molecule has 96 valence electrons. The van der Waals surface area contributed by atoms with Crippen molar-refractivity contribution in [3.05, 3.63) is 28.2 Å². The van der Waals surface area contributed by atoms with Gasteiger partial charge in [0.15, 0.2) is 5.78 Å². The van der Waals surface area contributed by atoms with Gasteiger partial charge in [-0.2, -0.15) is 0 Å². The zero-order valence-corrected chi connectivity index (χ0v) is 11.6. The highest BCUT2D eigenvalue weighted by molar-refractivity contribution is 9.10. The quantitative estimate of drug-likeness (QED) is 0.799. The summed E-state index contributed by atoms with van der Waals surface area (Å²) < 4.78 is 12.3. The lowest BCUT2D eigenvalue weighted by molar-refractivity contribution is 0.0117. The number of Topliss-reactive ketones (excluding diaryl/α,β-unsaturated/α-hetero) is 1. The number of carbonyl (C=O) groups is 1. The van der Waals surface area contributed by atoms with E-state index in [9.17, 15) is 4.79 Å². The molecule has 0 saturated carbocycles. The van der Waals surface area contributed by atoms with Crippen molar-refractivity contribution in [3.8, 4) is 5.75 Å². The predicted octanol–water partition coefficient (Wildman–Crippen LogP) is 3.21. The van der Waals surface area contributed by atoms with Gasteiger partial charge in [-0.15, -0.1) is 0 Å². The third-order valence-electron chi connectivity index (χ3n) is 3.71. The van der Waals surface area contributed by atoms with Gasteiger partial charge < -0.3 is 9.47 Å². The van der Waals surface area contributed by atoms with Crippen LogP contribution < -0.4 is 4.74 Å². The van der Waals surface area contributed by atoms with Crippen LogP contribution in [0.4, 0.5) is 0 Å². The van der Waals surface area contributed by atoms with E-state index in [-0.39, 0.29) is 11.9 Å². The van der Waals surface area contributed by atoms with Gasteiger partial charge in [-0.05, 0) is 40.9 Å². The van der Waals surface area contributed by atoms with Crippen molar-refractivity contribution in [3.63, 3.8) is 0 Å². The molecular formula is C14H15BrO3. The molecule has 1 aromatic carbocycles. The average molecular weight is 311 g/mol. The first kappa shape index (κ1) is 12.2. The number of carbonyl (C=O) groups excluding carboxylic acids is 1. The van der Waals surface area contributed by atoms with Crippen molar-refractivity contribution in [1.82, 2.24) is 0 Å². The van der Waals surface area contributed by atoms with Crippen LogP contribution in [-0.2, 0) is 4.74 Å². The molecule has 2 aliphatic heterocycles. The van der Waals surface area contributed by atoms with E-state index >= 15 is 0 Å². The lowest BCUT2D eigenvalue weighted by atomic mass is 9.87. The Labute approximate surface area is 115 Å². The maximum Gasteiger partial charge on any atom is 0.170 e. The minimum atomic E-state index is 0.00704. The second-order valence-electron chi connectivity index (χ2n) is 4.85. The van der Waals surface area contributed by atoms with Gasteiger partial charge in [0.05, 0.1) is 10.0 Å². The van der Waals surface area contributed by atoms with Crippen molar-refractivity contribution in [1.29, 1.82) is 0 Å². The van der Waals surface area contributed by atoms with Crippen molar-refractivity contribution in [2.75, 3.05) is 13.2 Å². The predicted molar refractivity (Wildman–Crippen MR) is 71.0 cm³/mol. The van der Waals surface area contributed by atoms with Crippen LogP contribution in [0.2, 0.25) is 0 Å².